The number of rotatable bonds is 14. The first kappa shape index (κ1) is 103. The van der Waals surface area contributed by atoms with E-state index in [0.29, 0.717) is 106 Å². The van der Waals surface area contributed by atoms with Gasteiger partial charge in [-0.3, -0.25) is 19.3 Å². The number of carbonyl (C=O) groups is 4. The summed E-state index contributed by atoms with van der Waals surface area (Å²) in [5, 5.41) is 34.2. The van der Waals surface area contributed by atoms with Crippen LogP contribution in [0.3, 0.4) is 0 Å². The van der Waals surface area contributed by atoms with Gasteiger partial charge in [0.1, 0.15) is 0 Å². The first-order valence-corrected chi connectivity index (χ1v) is 43.5. The number of amides is 3. The second kappa shape index (κ2) is 50.8. The minimum atomic E-state index is -3.19. The predicted octanol–water partition coefficient (Wildman–Crippen LogP) is 19.6. The standard InChI is InChI=1S/C20H21Cl3N2O.C19H18Cl3N5O.C19H19Cl3N2O2.C17H17Cl3N2O.C3H5ClO2.CH3ClO2S.N3.Na/c1-3-18-20(14-4-6-15(21)7-5-14)25(11-10-24(18)13(2)26)19-9-8-16(22)12-17(19)23;1-12(28)26-8-9-27(17-7-6-15(21)10-16(17)22)19(18(26)11-24-25-23)13-2-4-14(20)5-3-13;1-12(26)23-8-9-24(17-7-6-15(21)10-16(17)22)19(18(23)11-25)13-2-4-14(20)5-3-13;18-12-3-1-11(2-4-12)17-15(10-23)21-7-8-22(17)16-6-5-13(19)9-14(16)20;1-2-6-3(4)5;1-5(2,3)4;1-3-2;/h4-9,12,18,20H,3,10-11H2,1-2H3;2-7,10,18-19H,8-9,11H2,1H3;2-7,10,18-19,25H,8-9,11H2,1H3;1-6,9,15,17,21,23H,7-8,10H2;2H2,1H3;1H3;;/q;;;;;;-1;+1/t18-,20+;2*18-,19+;15-,17+;;;;/m1111..../s1. The largest absolute Gasteiger partial charge is 1.00 e. The third-order valence-electron chi connectivity index (χ3n) is 18.9. The molecule has 8 aromatic carbocycles. The molecule has 8 atom stereocenters. The maximum absolute atomic E-state index is 12.3. The molecule has 0 spiro atoms. The number of aliphatic hydroxyl groups excluding tert-OH is 2. The number of anilines is 4. The molecule has 3 amide bonds. The van der Waals surface area contributed by atoms with Crippen LogP contribution in [0.4, 0.5) is 27.5 Å². The normalized spacial score (nSPS) is 18.7. The Kier molecular flexibility index (Phi) is 44.3. The number of piperazine rings is 4. The molecule has 23 nitrogen and oxygen atoms in total. The molecule has 12 rings (SSSR count). The number of benzene rings is 8. The molecule has 8 aromatic rings. The summed E-state index contributed by atoms with van der Waals surface area (Å²) >= 11 is 78.9. The summed E-state index contributed by atoms with van der Waals surface area (Å²) in [6.45, 7) is 13.9. The molecule has 4 aliphatic rings. The number of halogens is 14. The van der Waals surface area contributed by atoms with Gasteiger partial charge < -0.3 is 65.6 Å². The number of nitrogens with zero attached hydrogens (tertiary/aromatic N) is 13. The quantitative estimate of drug-likeness (QED) is 0.0300. The summed E-state index contributed by atoms with van der Waals surface area (Å²) in [7, 11) is 1.31. The zero-order chi connectivity index (χ0) is 86.5. The number of hydrogen-bond acceptors (Lipinski definition) is 15. The third kappa shape index (κ3) is 30.4. The fourth-order valence-electron chi connectivity index (χ4n) is 14.1. The number of azide groups is 1. The van der Waals surface area contributed by atoms with Crippen molar-refractivity contribution in [3.63, 3.8) is 0 Å². The number of aliphatic hydroxyl groups is 2. The van der Waals surface area contributed by atoms with E-state index in [9.17, 15) is 37.8 Å². The van der Waals surface area contributed by atoms with Crippen molar-refractivity contribution in [3.8, 4) is 0 Å². The van der Waals surface area contributed by atoms with E-state index in [4.69, 9.17) is 167 Å². The van der Waals surface area contributed by atoms with Gasteiger partial charge in [0, 0.05) is 147 Å². The van der Waals surface area contributed by atoms with Crippen molar-refractivity contribution >= 4 is 216 Å². The molecule has 118 heavy (non-hydrogen) atoms. The monoisotopic (exact) mass is 1920 g/mol. The smallest absolute Gasteiger partial charge is 0.454 e. The second-order valence-electron chi connectivity index (χ2n) is 26.2. The van der Waals surface area contributed by atoms with Crippen LogP contribution in [0.1, 0.15) is 87.5 Å². The van der Waals surface area contributed by atoms with Crippen LogP contribution in [0.25, 0.3) is 26.4 Å². The molecule has 0 aromatic heterocycles. The molecule has 0 unspecified atom stereocenters. The maximum Gasteiger partial charge on any atom is 1.00 e. The van der Waals surface area contributed by atoms with Crippen LogP contribution in [0.5, 0.6) is 0 Å². The Morgan fingerprint density at radius 2 is 0.720 bits per heavy atom. The van der Waals surface area contributed by atoms with Gasteiger partial charge in [-0.05, 0) is 162 Å². The zero-order valence-corrected chi connectivity index (χ0v) is 78.1. The average Bonchev–Trinajstić information content (AvgIpc) is 0.782. The van der Waals surface area contributed by atoms with E-state index in [2.05, 4.69) is 57.3 Å². The number of carbonyl (C=O) groups excluding carboxylic acids is 4. The molecular formula is C79H83Cl14N14NaO9S. The molecule has 0 saturated carbocycles. The molecule has 4 heterocycles. The van der Waals surface area contributed by atoms with Crippen molar-refractivity contribution < 1.29 is 72.1 Å². The molecular weight excluding hydrogens is 1840 g/mol. The van der Waals surface area contributed by atoms with E-state index in [1.54, 1.807) is 84.3 Å². The van der Waals surface area contributed by atoms with Gasteiger partial charge in [0.25, 0.3) is 0 Å². The fraction of sp³-hybridized carbons (Fsp3) is 0.342. The molecule has 628 valence electrons. The second-order valence-corrected chi connectivity index (χ2v) is 34.6. The van der Waals surface area contributed by atoms with E-state index in [-0.39, 0.29) is 109 Å². The van der Waals surface area contributed by atoms with Crippen molar-refractivity contribution in [3.05, 3.63) is 279 Å². The van der Waals surface area contributed by atoms with Crippen LogP contribution >= 0.6 is 161 Å². The zero-order valence-electron chi connectivity index (χ0n) is 64.7. The van der Waals surface area contributed by atoms with Gasteiger partial charge in [0.2, 0.25) is 26.8 Å². The van der Waals surface area contributed by atoms with E-state index in [0.717, 1.165) is 70.8 Å². The minimum absolute atomic E-state index is 0. The van der Waals surface area contributed by atoms with Crippen molar-refractivity contribution in [2.45, 2.75) is 89.4 Å². The minimum Gasteiger partial charge on any atom is -0.454 e. The number of ether oxygens (including phenoxy) is 1. The van der Waals surface area contributed by atoms with Crippen molar-refractivity contribution in [1.29, 1.82) is 0 Å². The predicted molar refractivity (Wildman–Crippen MR) is 479 cm³/mol. The topological polar surface area (TPSA) is 294 Å². The van der Waals surface area contributed by atoms with Crippen LogP contribution in [0.2, 0.25) is 60.3 Å². The molecule has 3 N–H and O–H groups in total. The molecule has 0 bridgehead atoms. The molecule has 39 heteroatoms. The maximum atomic E-state index is 12.3. The van der Waals surface area contributed by atoms with E-state index in [1.807, 2.05) is 114 Å². The molecule has 0 radical (unpaired) electrons. The summed E-state index contributed by atoms with van der Waals surface area (Å²) in [4.78, 5) is 64.7. The van der Waals surface area contributed by atoms with Crippen molar-refractivity contribution in [1.82, 2.24) is 20.0 Å². The molecule has 0 aliphatic carbocycles. The Morgan fingerprint density at radius 1 is 0.449 bits per heavy atom. The van der Waals surface area contributed by atoms with Gasteiger partial charge in [0.05, 0.1) is 117 Å². The first-order valence-electron chi connectivity index (χ1n) is 35.9. The summed E-state index contributed by atoms with van der Waals surface area (Å²) in [6, 6.07) is 50.8. The van der Waals surface area contributed by atoms with Crippen LogP contribution < -0.4 is 54.5 Å². The van der Waals surface area contributed by atoms with Crippen LogP contribution in [-0.4, -0.2) is 166 Å². The third-order valence-corrected chi connectivity index (χ3v) is 22.1. The Hall–Kier alpha value is -5.65. The molecule has 4 aliphatic heterocycles. The Morgan fingerprint density at radius 3 is 0.975 bits per heavy atom. The average molecular weight is 1920 g/mol. The Bertz CT molecular complexity index is 4690. The van der Waals surface area contributed by atoms with Crippen molar-refractivity contribution in [2.75, 3.05) is 105 Å². The SMILES string of the molecule is CC(=O)N1CCN(c2ccc(Cl)cc2Cl)[C@@H](c2ccc(Cl)cc2)[C@H]1CN=[N+]=[N-].CC(=O)N1CCN(c2ccc(Cl)cc2Cl)[C@@H](c2ccc(Cl)cc2)[C@H]1CO.CCOC(=O)Cl.CC[C@@H]1[C@H](c2ccc(Cl)cc2)N(c2ccc(Cl)cc2Cl)CCN1C(C)=O.CS(=O)(=O)Cl.OC[C@H]1NCCN(c2ccc(Cl)cc2Cl)[C@H]1c1ccc(Cl)cc1.[N-]=[N+]=[N-].[Na+]. The summed E-state index contributed by atoms with van der Waals surface area (Å²) in [5.41, 5.74) is 29.2. The Labute approximate surface area is 778 Å². The number of nitrogens with one attached hydrogen (secondary N) is 1. The Balaban J connectivity index is 0.000000265. The van der Waals surface area contributed by atoms with Gasteiger partial charge in [-0.1, -0.05) is 200 Å². The van der Waals surface area contributed by atoms with E-state index >= 15 is 0 Å². The summed E-state index contributed by atoms with van der Waals surface area (Å²) in [6.07, 6.45) is 1.77. The van der Waals surface area contributed by atoms with Crippen molar-refractivity contribution in [2.24, 2.45) is 5.11 Å². The van der Waals surface area contributed by atoms with Gasteiger partial charge in [0.15, 0.2) is 0 Å². The molecule has 4 fully saturated rings. The van der Waals surface area contributed by atoms with Crippen LogP contribution in [-0.2, 0) is 28.2 Å². The van der Waals surface area contributed by atoms with E-state index in [1.165, 1.54) is 18.8 Å². The molecule has 4 saturated heterocycles. The van der Waals surface area contributed by atoms with Crippen LogP contribution in [0.15, 0.2) is 175 Å². The fourth-order valence-corrected chi connectivity index (χ4v) is 16.8. The number of hydrogen-bond donors (Lipinski definition) is 3. The first-order chi connectivity index (χ1) is 55.5. The summed E-state index contributed by atoms with van der Waals surface area (Å²) in [5.74, 6) is -0.0403. The van der Waals surface area contributed by atoms with Gasteiger partial charge in [-0.25, -0.2) is 13.2 Å². The van der Waals surface area contributed by atoms with Crippen LogP contribution in [0, 0.1) is 0 Å². The van der Waals surface area contributed by atoms with E-state index < -0.39 is 20.5 Å². The van der Waals surface area contributed by atoms with Gasteiger partial charge >= 0.3 is 35.0 Å². The van der Waals surface area contributed by atoms with Gasteiger partial charge in [-0.2, -0.15) is 0 Å². The summed E-state index contributed by atoms with van der Waals surface area (Å²) < 4.78 is 23.0. The van der Waals surface area contributed by atoms with Gasteiger partial charge in [-0.15, -0.1) is 0 Å².